The van der Waals surface area contributed by atoms with Crippen LogP contribution in [0.3, 0.4) is 0 Å². The first-order chi connectivity index (χ1) is 13.0. The monoisotopic (exact) mass is 441 g/mol. The van der Waals surface area contributed by atoms with Crippen molar-refractivity contribution in [3.8, 4) is 11.5 Å². The molecule has 1 N–H and O–H groups in total. The van der Waals surface area contributed by atoms with E-state index in [4.69, 9.17) is 9.47 Å². The van der Waals surface area contributed by atoms with E-state index in [1.807, 2.05) is 38.1 Å². The third-order valence-corrected chi connectivity index (χ3v) is 5.05. The molecule has 0 heterocycles. The van der Waals surface area contributed by atoms with Gasteiger partial charge in [0.05, 0.1) is 13.2 Å². The van der Waals surface area contributed by atoms with Gasteiger partial charge in [-0.05, 0) is 69.2 Å². The zero-order valence-corrected chi connectivity index (χ0v) is 18.8. The minimum absolute atomic E-state index is 0.146. The van der Waals surface area contributed by atoms with E-state index in [-0.39, 0.29) is 11.3 Å². The van der Waals surface area contributed by atoms with Crippen LogP contribution in [-0.2, 0) is 4.79 Å². The Balaban J connectivity index is 2.18. The molecule has 0 saturated carbocycles. The second-order valence-corrected chi connectivity index (χ2v) is 8.31. The fourth-order valence-corrected chi connectivity index (χ4v) is 3.04. The number of carbonyl (C=O) groups excluding carboxylic acids is 1. The van der Waals surface area contributed by atoms with Crippen molar-refractivity contribution < 1.29 is 14.3 Å². The molecule has 0 aliphatic heterocycles. The van der Waals surface area contributed by atoms with Crippen LogP contribution in [-0.4, -0.2) is 31.0 Å². The lowest BCUT2D eigenvalue weighted by atomic mass is 9.86. The van der Waals surface area contributed by atoms with E-state index in [9.17, 15) is 4.79 Å². The number of ether oxygens (including phenoxy) is 2. The Morgan fingerprint density at radius 1 is 0.963 bits per heavy atom. The first-order valence-corrected chi connectivity index (χ1v) is 11.3. The van der Waals surface area contributed by atoms with Crippen LogP contribution in [0.5, 0.6) is 11.5 Å². The van der Waals surface area contributed by atoms with Crippen LogP contribution < -0.4 is 14.8 Å². The van der Waals surface area contributed by atoms with E-state index in [1.54, 1.807) is 0 Å². The van der Waals surface area contributed by atoms with Crippen LogP contribution in [0, 0.1) is 5.41 Å². The van der Waals surface area contributed by atoms with Crippen molar-refractivity contribution in [3.63, 3.8) is 0 Å². The van der Waals surface area contributed by atoms with E-state index in [0.29, 0.717) is 6.61 Å². The van der Waals surface area contributed by atoms with Gasteiger partial charge in [0.15, 0.2) is 0 Å². The van der Waals surface area contributed by atoms with Gasteiger partial charge in [-0.25, -0.2) is 0 Å². The molecule has 0 atom stereocenters. The highest BCUT2D eigenvalue weighted by molar-refractivity contribution is 9.09. The predicted molar refractivity (Wildman–Crippen MR) is 116 cm³/mol. The molecule has 154 valence electrons. The van der Waals surface area contributed by atoms with Crippen LogP contribution in [0.25, 0.3) is 0 Å². The van der Waals surface area contributed by atoms with Crippen molar-refractivity contribution >= 4 is 21.8 Å². The minimum Gasteiger partial charge on any atom is -0.494 e. The summed E-state index contributed by atoms with van der Waals surface area (Å²) in [6, 6.07) is 7.83. The number of halogens is 1. The van der Waals surface area contributed by atoms with Gasteiger partial charge in [-0.1, -0.05) is 36.7 Å². The standard InChI is InChI=1S/C22H36BrNO3/c1-4-16-24-21(25)22(2,3)14-6-9-18-27-20-12-10-19(11-13-20)26-17-8-5-7-15-23/h10-13H,4-9,14-18H2,1-3H3,(H,24,25). The summed E-state index contributed by atoms with van der Waals surface area (Å²) in [5, 5.41) is 4.04. The van der Waals surface area contributed by atoms with Crippen molar-refractivity contribution in [1.82, 2.24) is 5.32 Å². The molecule has 5 heteroatoms. The van der Waals surface area contributed by atoms with Crippen molar-refractivity contribution in [2.75, 3.05) is 25.1 Å². The van der Waals surface area contributed by atoms with Crippen LogP contribution in [0.2, 0.25) is 0 Å². The molecular weight excluding hydrogens is 406 g/mol. The third-order valence-electron chi connectivity index (χ3n) is 4.49. The summed E-state index contributed by atoms with van der Waals surface area (Å²) >= 11 is 3.44. The zero-order chi connectivity index (χ0) is 20.0. The molecule has 0 spiro atoms. The maximum Gasteiger partial charge on any atom is 0.225 e. The van der Waals surface area contributed by atoms with E-state index in [1.165, 1.54) is 12.8 Å². The quantitative estimate of drug-likeness (QED) is 0.279. The topological polar surface area (TPSA) is 47.6 Å². The van der Waals surface area contributed by atoms with E-state index in [2.05, 4.69) is 28.2 Å². The number of unbranched alkanes of at least 4 members (excludes halogenated alkanes) is 3. The van der Waals surface area contributed by atoms with Gasteiger partial charge in [0.25, 0.3) is 0 Å². The smallest absolute Gasteiger partial charge is 0.225 e. The maximum absolute atomic E-state index is 12.1. The molecule has 0 fully saturated rings. The largest absolute Gasteiger partial charge is 0.494 e. The van der Waals surface area contributed by atoms with E-state index >= 15 is 0 Å². The molecule has 1 amide bonds. The molecule has 0 bridgehead atoms. The number of alkyl halides is 1. The lowest BCUT2D eigenvalue weighted by molar-refractivity contribution is -0.129. The van der Waals surface area contributed by atoms with E-state index < -0.39 is 0 Å². The van der Waals surface area contributed by atoms with Crippen molar-refractivity contribution in [2.45, 2.75) is 65.7 Å². The molecule has 27 heavy (non-hydrogen) atoms. The van der Waals surface area contributed by atoms with Crippen LogP contribution in [0.4, 0.5) is 0 Å². The summed E-state index contributed by atoms with van der Waals surface area (Å²) < 4.78 is 11.5. The van der Waals surface area contributed by atoms with Gasteiger partial charge < -0.3 is 14.8 Å². The number of carbonyl (C=O) groups is 1. The first-order valence-electron chi connectivity index (χ1n) is 10.2. The number of hydrogen-bond acceptors (Lipinski definition) is 3. The third kappa shape index (κ3) is 10.6. The number of rotatable bonds is 15. The van der Waals surface area contributed by atoms with Gasteiger partial charge >= 0.3 is 0 Å². The number of benzene rings is 1. The van der Waals surface area contributed by atoms with Gasteiger partial charge in [0.1, 0.15) is 11.5 Å². The van der Waals surface area contributed by atoms with Crippen LogP contribution in [0.15, 0.2) is 24.3 Å². The molecular formula is C22H36BrNO3. The van der Waals surface area contributed by atoms with Gasteiger partial charge in [-0.2, -0.15) is 0 Å². The fourth-order valence-electron chi connectivity index (χ4n) is 2.65. The molecule has 0 radical (unpaired) electrons. The second kappa shape index (κ2) is 13.9. The summed E-state index contributed by atoms with van der Waals surface area (Å²) in [7, 11) is 0. The highest BCUT2D eigenvalue weighted by Gasteiger charge is 2.26. The fraction of sp³-hybridized carbons (Fsp3) is 0.682. The van der Waals surface area contributed by atoms with Crippen LogP contribution in [0.1, 0.15) is 65.7 Å². The molecule has 1 rings (SSSR count). The zero-order valence-electron chi connectivity index (χ0n) is 17.2. The number of amides is 1. The lowest BCUT2D eigenvalue weighted by Crippen LogP contribution is -2.37. The lowest BCUT2D eigenvalue weighted by Gasteiger charge is -2.23. The Kier molecular flexibility index (Phi) is 12.2. The number of hydrogen-bond donors (Lipinski definition) is 1. The van der Waals surface area contributed by atoms with E-state index in [0.717, 1.165) is 62.1 Å². The Hall–Kier alpha value is -1.23. The molecule has 0 aromatic heterocycles. The Morgan fingerprint density at radius 3 is 2.04 bits per heavy atom. The van der Waals surface area contributed by atoms with Gasteiger partial charge in [0.2, 0.25) is 5.91 Å². The Labute approximate surface area is 173 Å². The molecule has 1 aromatic carbocycles. The summed E-state index contributed by atoms with van der Waals surface area (Å²) in [5.74, 6) is 1.90. The number of nitrogens with one attached hydrogen (secondary N) is 1. The predicted octanol–water partition coefficient (Wildman–Crippen LogP) is 5.73. The highest BCUT2D eigenvalue weighted by atomic mass is 79.9. The van der Waals surface area contributed by atoms with Gasteiger partial charge in [-0.15, -0.1) is 0 Å². The minimum atomic E-state index is -0.317. The molecule has 0 saturated heterocycles. The SMILES string of the molecule is CCCNC(=O)C(C)(C)CCCCOc1ccc(OCCCCCBr)cc1. The maximum atomic E-state index is 12.1. The Bertz CT molecular complexity index is 517. The highest BCUT2D eigenvalue weighted by Crippen LogP contribution is 2.24. The summed E-state index contributed by atoms with van der Waals surface area (Å²) in [4.78, 5) is 12.1. The van der Waals surface area contributed by atoms with Crippen molar-refractivity contribution in [3.05, 3.63) is 24.3 Å². The second-order valence-electron chi connectivity index (χ2n) is 7.51. The molecule has 0 unspecified atom stereocenters. The Morgan fingerprint density at radius 2 is 1.52 bits per heavy atom. The molecule has 0 aliphatic carbocycles. The summed E-state index contributed by atoms with van der Waals surface area (Å²) in [6.07, 6.45) is 7.21. The molecule has 0 aliphatic rings. The molecule has 4 nitrogen and oxygen atoms in total. The van der Waals surface area contributed by atoms with Crippen molar-refractivity contribution in [1.29, 1.82) is 0 Å². The van der Waals surface area contributed by atoms with Crippen LogP contribution >= 0.6 is 15.9 Å². The normalized spacial score (nSPS) is 11.3. The average Bonchev–Trinajstić information content (AvgIpc) is 2.66. The van der Waals surface area contributed by atoms with Crippen molar-refractivity contribution in [2.24, 2.45) is 5.41 Å². The summed E-state index contributed by atoms with van der Waals surface area (Å²) in [5.41, 5.74) is -0.317. The van der Waals surface area contributed by atoms with Gasteiger partial charge in [0, 0.05) is 17.3 Å². The summed E-state index contributed by atoms with van der Waals surface area (Å²) in [6.45, 7) is 8.26. The first kappa shape index (κ1) is 23.8. The molecule has 1 aromatic rings. The average molecular weight is 442 g/mol. The van der Waals surface area contributed by atoms with Gasteiger partial charge in [-0.3, -0.25) is 4.79 Å².